The fourth-order valence-corrected chi connectivity index (χ4v) is 5.51. The van der Waals surface area contributed by atoms with Crippen LogP contribution < -0.4 is 5.32 Å². The van der Waals surface area contributed by atoms with Crippen molar-refractivity contribution in [2.24, 2.45) is 0 Å². The van der Waals surface area contributed by atoms with E-state index in [9.17, 15) is 17.6 Å². The molecule has 2 aromatic heterocycles. The highest BCUT2D eigenvalue weighted by molar-refractivity contribution is 7.91. The van der Waals surface area contributed by atoms with Gasteiger partial charge in [0.2, 0.25) is 0 Å². The number of rotatable bonds is 5. The third kappa shape index (κ3) is 3.81. The van der Waals surface area contributed by atoms with Gasteiger partial charge < -0.3 is 5.32 Å². The quantitative estimate of drug-likeness (QED) is 0.671. The standard InChI is InChI=1S/C21H23FN4O3S/c1-3-9-23-21(27)17-11-18(14-4-6-15(22)7-5-14)24-20-19(17)13(2)25-26(20)16-8-10-30(28,29)12-16/h4-7,11,16H,3,8-10,12H2,1-2H3,(H,23,27). The van der Waals surface area contributed by atoms with Gasteiger partial charge in [-0.2, -0.15) is 5.10 Å². The monoisotopic (exact) mass is 430 g/mol. The first-order valence-corrected chi connectivity index (χ1v) is 11.8. The summed E-state index contributed by atoms with van der Waals surface area (Å²) in [5, 5.41) is 8.06. The number of fused-ring (bicyclic) bond motifs is 1. The molecule has 9 heteroatoms. The van der Waals surface area contributed by atoms with Gasteiger partial charge in [-0.25, -0.2) is 22.5 Å². The number of amides is 1. The SMILES string of the molecule is CCCNC(=O)c1cc(-c2ccc(F)cc2)nc2c1c(C)nn2C1CCS(=O)(=O)C1. The first-order chi connectivity index (χ1) is 14.3. The Morgan fingerprint density at radius 3 is 2.67 bits per heavy atom. The number of nitrogens with one attached hydrogen (secondary N) is 1. The molecule has 3 heterocycles. The molecule has 7 nitrogen and oxygen atoms in total. The zero-order valence-corrected chi connectivity index (χ0v) is 17.7. The van der Waals surface area contributed by atoms with Gasteiger partial charge in [-0.05, 0) is 50.1 Å². The average molecular weight is 431 g/mol. The van der Waals surface area contributed by atoms with Crippen molar-refractivity contribution in [2.45, 2.75) is 32.7 Å². The zero-order valence-electron chi connectivity index (χ0n) is 16.9. The van der Waals surface area contributed by atoms with E-state index < -0.39 is 9.84 Å². The van der Waals surface area contributed by atoms with Gasteiger partial charge in [-0.1, -0.05) is 6.92 Å². The van der Waals surface area contributed by atoms with Gasteiger partial charge >= 0.3 is 0 Å². The van der Waals surface area contributed by atoms with Gasteiger partial charge in [0, 0.05) is 12.1 Å². The second-order valence-corrected chi connectivity index (χ2v) is 9.83. The Morgan fingerprint density at radius 1 is 1.30 bits per heavy atom. The molecule has 1 fully saturated rings. The van der Waals surface area contributed by atoms with Crippen molar-refractivity contribution in [2.75, 3.05) is 18.1 Å². The lowest BCUT2D eigenvalue weighted by atomic mass is 10.0. The van der Waals surface area contributed by atoms with E-state index >= 15 is 0 Å². The average Bonchev–Trinajstić information content (AvgIpc) is 3.25. The molecule has 1 aromatic carbocycles. The summed E-state index contributed by atoms with van der Waals surface area (Å²) in [6, 6.07) is 7.24. The van der Waals surface area contributed by atoms with Gasteiger partial charge in [0.1, 0.15) is 5.82 Å². The van der Waals surface area contributed by atoms with E-state index in [1.807, 2.05) is 6.92 Å². The van der Waals surface area contributed by atoms with Gasteiger partial charge in [-0.15, -0.1) is 0 Å². The summed E-state index contributed by atoms with van der Waals surface area (Å²) in [5.41, 5.74) is 2.68. The summed E-state index contributed by atoms with van der Waals surface area (Å²) in [5.74, 6) is -0.491. The van der Waals surface area contributed by atoms with Crippen LogP contribution in [0.5, 0.6) is 0 Å². The number of pyridine rings is 1. The first-order valence-electron chi connectivity index (χ1n) is 9.93. The van der Waals surface area contributed by atoms with Crippen molar-refractivity contribution in [3.63, 3.8) is 0 Å². The minimum absolute atomic E-state index is 0.00302. The third-order valence-electron chi connectivity index (χ3n) is 5.31. The topological polar surface area (TPSA) is 93.9 Å². The smallest absolute Gasteiger partial charge is 0.252 e. The number of hydrogen-bond acceptors (Lipinski definition) is 5. The van der Waals surface area contributed by atoms with Crippen LogP contribution in [0.25, 0.3) is 22.3 Å². The van der Waals surface area contributed by atoms with E-state index in [0.717, 1.165) is 6.42 Å². The van der Waals surface area contributed by atoms with Gasteiger partial charge in [0.25, 0.3) is 5.91 Å². The van der Waals surface area contributed by atoms with Crippen molar-refractivity contribution in [1.29, 1.82) is 0 Å². The van der Waals surface area contributed by atoms with Crippen LogP contribution in [0.4, 0.5) is 4.39 Å². The molecule has 30 heavy (non-hydrogen) atoms. The largest absolute Gasteiger partial charge is 0.352 e. The van der Waals surface area contributed by atoms with E-state index in [1.165, 1.54) is 12.1 Å². The van der Waals surface area contributed by atoms with E-state index in [1.54, 1.807) is 29.8 Å². The number of halogens is 1. The Morgan fingerprint density at radius 2 is 2.03 bits per heavy atom. The molecule has 0 spiro atoms. The summed E-state index contributed by atoms with van der Waals surface area (Å²) in [6.45, 7) is 4.29. The number of benzene rings is 1. The second-order valence-electron chi connectivity index (χ2n) is 7.60. The molecular weight excluding hydrogens is 407 g/mol. The number of sulfone groups is 1. The van der Waals surface area contributed by atoms with Crippen molar-refractivity contribution >= 4 is 26.8 Å². The molecule has 158 valence electrons. The summed E-state index contributed by atoms with van der Waals surface area (Å²) < 4.78 is 39.0. The maximum Gasteiger partial charge on any atom is 0.252 e. The Kier molecular flexibility index (Phi) is 5.31. The number of carbonyl (C=O) groups excluding carboxylic acids is 1. The molecule has 0 radical (unpaired) electrons. The summed E-state index contributed by atoms with van der Waals surface area (Å²) in [6.07, 6.45) is 1.25. The fraction of sp³-hybridized carbons (Fsp3) is 0.381. The molecule has 0 aliphatic carbocycles. The van der Waals surface area contributed by atoms with E-state index in [0.29, 0.717) is 46.5 Å². The Balaban J connectivity index is 1.92. The lowest BCUT2D eigenvalue weighted by Gasteiger charge is -2.12. The van der Waals surface area contributed by atoms with Crippen LogP contribution in [0.1, 0.15) is 41.9 Å². The van der Waals surface area contributed by atoms with Crippen molar-refractivity contribution in [3.8, 4) is 11.3 Å². The Hall–Kier alpha value is -2.81. The molecular formula is C21H23FN4O3S. The maximum absolute atomic E-state index is 13.4. The number of carbonyl (C=O) groups is 1. The molecule has 1 unspecified atom stereocenters. The van der Waals surface area contributed by atoms with Crippen molar-refractivity contribution in [1.82, 2.24) is 20.1 Å². The van der Waals surface area contributed by atoms with Crippen molar-refractivity contribution in [3.05, 3.63) is 47.4 Å². The maximum atomic E-state index is 13.4. The molecule has 1 aliphatic rings. The molecule has 1 atom stereocenters. The van der Waals surface area contributed by atoms with Crippen LogP contribution in [-0.4, -0.2) is 47.1 Å². The number of nitrogens with zero attached hydrogens (tertiary/aromatic N) is 3. The number of hydrogen-bond donors (Lipinski definition) is 1. The predicted octanol–water partition coefficient (Wildman–Crippen LogP) is 3.05. The number of aryl methyl sites for hydroxylation is 1. The zero-order chi connectivity index (χ0) is 21.5. The molecule has 0 bridgehead atoms. The molecule has 3 aromatic rings. The molecule has 1 aliphatic heterocycles. The predicted molar refractivity (Wildman–Crippen MR) is 113 cm³/mol. The van der Waals surface area contributed by atoms with E-state index in [4.69, 9.17) is 4.98 Å². The van der Waals surface area contributed by atoms with Crippen molar-refractivity contribution < 1.29 is 17.6 Å². The molecule has 4 rings (SSSR count). The highest BCUT2D eigenvalue weighted by atomic mass is 32.2. The normalized spacial score (nSPS) is 18.0. The lowest BCUT2D eigenvalue weighted by Crippen LogP contribution is -2.24. The highest BCUT2D eigenvalue weighted by Gasteiger charge is 2.32. The van der Waals surface area contributed by atoms with Gasteiger partial charge in [-0.3, -0.25) is 4.79 Å². The van der Waals surface area contributed by atoms with Crippen LogP contribution in [-0.2, 0) is 9.84 Å². The van der Waals surface area contributed by atoms with E-state index in [-0.39, 0.29) is 29.3 Å². The second kappa shape index (κ2) is 7.79. The van der Waals surface area contributed by atoms with Gasteiger partial charge in [0.15, 0.2) is 15.5 Å². The van der Waals surface area contributed by atoms with Crippen LogP contribution in [0.2, 0.25) is 0 Å². The van der Waals surface area contributed by atoms with Gasteiger partial charge in [0.05, 0.1) is 39.9 Å². The Bertz CT molecular complexity index is 1220. The third-order valence-corrected chi connectivity index (χ3v) is 7.06. The lowest BCUT2D eigenvalue weighted by molar-refractivity contribution is 0.0955. The van der Waals surface area contributed by atoms with Crippen LogP contribution >= 0.6 is 0 Å². The van der Waals surface area contributed by atoms with E-state index in [2.05, 4.69) is 10.4 Å². The molecule has 1 N–H and O–H groups in total. The Labute approximate surface area is 174 Å². The summed E-state index contributed by atoms with van der Waals surface area (Å²) in [4.78, 5) is 17.6. The fourth-order valence-electron chi connectivity index (χ4n) is 3.82. The minimum atomic E-state index is -3.12. The van der Waals surface area contributed by atoms with Crippen LogP contribution in [0, 0.1) is 12.7 Å². The highest BCUT2D eigenvalue weighted by Crippen LogP contribution is 2.32. The minimum Gasteiger partial charge on any atom is -0.352 e. The molecule has 1 saturated heterocycles. The first kappa shape index (κ1) is 20.5. The van der Waals surface area contributed by atoms with Crippen LogP contribution in [0.15, 0.2) is 30.3 Å². The number of aromatic nitrogens is 3. The van der Waals surface area contributed by atoms with Crippen LogP contribution in [0.3, 0.4) is 0 Å². The summed E-state index contributed by atoms with van der Waals surface area (Å²) >= 11 is 0. The molecule has 1 amide bonds. The molecule has 0 saturated carbocycles. The summed E-state index contributed by atoms with van der Waals surface area (Å²) in [7, 11) is -3.12.